The van der Waals surface area contributed by atoms with E-state index in [1.54, 1.807) is 24.3 Å². The number of amides is 2. The number of benzene rings is 1. The van der Waals surface area contributed by atoms with E-state index in [1.165, 1.54) is 12.8 Å². The highest BCUT2D eigenvalue weighted by Crippen LogP contribution is 2.26. The average molecular weight is 336 g/mol. The third-order valence-corrected chi connectivity index (χ3v) is 4.80. The minimum atomic E-state index is -0.208. The molecule has 124 valence electrons. The molecule has 2 aliphatic heterocycles. The van der Waals surface area contributed by atoms with Crippen molar-refractivity contribution in [3.8, 4) is 0 Å². The summed E-state index contributed by atoms with van der Waals surface area (Å²) in [7, 11) is 0. The van der Waals surface area contributed by atoms with E-state index in [2.05, 4.69) is 16.0 Å². The molecule has 23 heavy (non-hydrogen) atoms. The molecule has 2 heterocycles. The van der Waals surface area contributed by atoms with Gasteiger partial charge in [-0.3, -0.25) is 9.59 Å². The molecule has 2 aliphatic rings. The summed E-state index contributed by atoms with van der Waals surface area (Å²) in [6.07, 6.45) is 4.75. The number of carbonyl (C=O) groups excluding carboxylic acids is 2. The van der Waals surface area contributed by atoms with Gasteiger partial charge in [0, 0.05) is 41.7 Å². The number of halogens is 1. The molecule has 0 aliphatic carbocycles. The SMILES string of the molecule is O=C(CCNC(=O)c1cccc(Cl)c1)NC1C[C@H]2CC[C@@H](C1)N2. The van der Waals surface area contributed by atoms with Gasteiger partial charge < -0.3 is 16.0 Å². The number of carbonyl (C=O) groups is 2. The van der Waals surface area contributed by atoms with Crippen molar-refractivity contribution in [2.75, 3.05) is 6.54 Å². The first-order valence-electron chi connectivity index (χ1n) is 8.19. The number of nitrogens with one attached hydrogen (secondary N) is 3. The van der Waals surface area contributed by atoms with Gasteiger partial charge in [0.25, 0.3) is 5.91 Å². The Balaban J connectivity index is 1.38. The largest absolute Gasteiger partial charge is 0.353 e. The number of piperidine rings is 1. The number of hydrogen-bond acceptors (Lipinski definition) is 3. The first-order chi connectivity index (χ1) is 11.1. The van der Waals surface area contributed by atoms with E-state index >= 15 is 0 Å². The van der Waals surface area contributed by atoms with Crippen LogP contribution in [0.15, 0.2) is 24.3 Å². The van der Waals surface area contributed by atoms with Crippen molar-refractivity contribution in [3.05, 3.63) is 34.9 Å². The second kappa shape index (κ2) is 7.32. The highest BCUT2D eigenvalue weighted by molar-refractivity contribution is 6.30. The molecule has 2 bridgehead atoms. The lowest BCUT2D eigenvalue weighted by Gasteiger charge is -2.29. The summed E-state index contributed by atoms with van der Waals surface area (Å²) < 4.78 is 0. The highest BCUT2D eigenvalue weighted by Gasteiger charge is 2.33. The zero-order valence-corrected chi connectivity index (χ0v) is 13.7. The van der Waals surface area contributed by atoms with Gasteiger partial charge in [-0.1, -0.05) is 17.7 Å². The molecule has 6 heteroatoms. The van der Waals surface area contributed by atoms with Crippen molar-refractivity contribution in [2.45, 2.75) is 50.2 Å². The molecule has 1 aromatic rings. The number of rotatable bonds is 5. The highest BCUT2D eigenvalue weighted by atomic mass is 35.5. The molecule has 3 rings (SSSR count). The predicted octanol–water partition coefficient (Wildman–Crippen LogP) is 1.86. The van der Waals surface area contributed by atoms with Gasteiger partial charge in [-0.15, -0.1) is 0 Å². The average Bonchev–Trinajstić information content (AvgIpc) is 2.86. The summed E-state index contributed by atoms with van der Waals surface area (Å²) in [6.45, 7) is 0.328. The van der Waals surface area contributed by atoms with Gasteiger partial charge in [-0.05, 0) is 43.9 Å². The summed E-state index contributed by atoms with van der Waals surface area (Å²) in [5.41, 5.74) is 0.507. The predicted molar refractivity (Wildman–Crippen MR) is 89.5 cm³/mol. The molecule has 1 unspecified atom stereocenters. The molecule has 1 aromatic carbocycles. The van der Waals surface area contributed by atoms with Crippen molar-refractivity contribution < 1.29 is 9.59 Å². The molecule has 3 atom stereocenters. The Hall–Kier alpha value is -1.59. The molecule has 2 amide bonds. The van der Waals surface area contributed by atoms with Crippen LogP contribution >= 0.6 is 11.6 Å². The van der Waals surface area contributed by atoms with Gasteiger partial charge in [0.05, 0.1) is 0 Å². The monoisotopic (exact) mass is 335 g/mol. The lowest BCUT2D eigenvalue weighted by Crippen LogP contribution is -2.48. The molecule has 0 aromatic heterocycles. The van der Waals surface area contributed by atoms with Crippen molar-refractivity contribution in [1.82, 2.24) is 16.0 Å². The fourth-order valence-electron chi connectivity index (χ4n) is 3.50. The van der Waals surface area contributed by atoms with Crippen LogP contribution in [-0.2, 0) is 4.79 Å². The zero-order valence-electron chi connectivity index (χ0n) is 13.0. The molecular weight excluding hydrogens is 314 g/mol. The number of fused-ring (bicyclic) bond motifs is 2. The quantitative estimate of drug-likeness (QED) is 0.769. The van der Waals surface area contributed by atoms with Crippen molar-refractivity contribution in [2.24, 2.45) is 0 Å². The van der Waals surface area contributed by atoms with E-state index in [1.807, 2.05) is 0 Å². The normalized spacial score (nSPS) is 25.9. The van der Waals surface area contributed by atoms with Crippen LogP contribution in [0.2, 0.25) is 5.02 Å². The Morgan fingerprint density at radius 1 is 1.22 bits per heavy atom. The Morgan fingerprint density at radius 2 is 1.96 bits per heavy atom. The lowest BCUT2D eigenvalue weighted by atomic mass is 10.00. The summed E-state index contributed by atoms with van der Waals surface area (Å²) in [5.74, 6) is -0.206. The van der Waals surface area contributed by atoms with Crippen molar-refractivity contribution in [3.63, 3.8) is 0 Å². The molecule has 0 saturated carbocycles. The first kappa shape index (κ1) is 16.3. The van der Waals surface area contributed by atoms with E-state index in [9.17, 15) is 9.59 Å². The van der Waals surface area contributed by atoms with Crippen molar-refractivity contribution in [1.29, 1.82) is 0 Å². The molecule has 2 fully saturated rings. The fraction of sp³-hybridized carbons (Fsp3) is 0.529. The van der Waals surface area contributed by atoms with E-state index in [0.717, 1.165) is 12.8 Å². The minimum Gasteiger partial charge on any atom is -0.353 e. The lowest BCUT2D eigenvalue weighted by molar-refractivity contribution is -0.121. The molecular formula is C17H22ClN3O2. The first-order valence-corrected chi connectivity index (χ1v) is 8.57. The molecule has 5 nitrogen and oxygen atoms in total. The van der Waals surface area contributed by atoms with Gasteiger partial charge >= 0.3 is 0 Å². The summed E-state index contributed by atoms with van der Waals surface area (Å²) in [5, 5.41) is 9.92. The summed E-state index contributed by atoms with van der Waals surface area (Å²) in [6, 6.07) is 8.15. The molecule has 0 radical (unpaired) electrons. The van der Waals surface area contributed by atoms with Crippen molar-refractivity contribution >= 4 is 23.4 Å². The van der Waals surface area contributed by atoms with Crippen LogP contribution < -0.4 is 16.0 Å². The fourth-order valence-corrected chi connectivity index (χ4v) is 3.69. The zero-order chi connectivity index (χ0) is 16.2. The van der Waals surface area contributed by atoms with Crippen LogP contribution in [0.25, 0.3) is 0 Å². The van der Waals surface area contributed by atoms with E-state index in [-0.39, 0.29) is 17.9 Å². The third-order valence-electron chi connectivity index (χ3n) is 4.56. The Bertz CT molecular complexity index is 581. The van der Waals surface area contributed by atoms with Crippen LogP contribution in [0, 0.1) is 0 Å². The van der Waals surface area contributed by atoms with Crippen LogP contribution in [0.5, 0.6) is 0 Å². The smallest absolute Gasteiger partial charge is 0.251 e. The molecule has 3 N–H and O–H groups in total. The van der Waals surface area contributed by atoms with Crippen LogP contribution in [0.1, 0.15) is 42.5 Å². The van der Waals surface area contributed by atoms with Gasteiger partial charge in [-0.25, -0.2) is 0 Å². The maximum absolute atomic E-state index is 12.0. The van der Waals surface area contributed by atoms with Crippen LogP contribution in [0.3, 0.4) is 0 Å². The Kier molecular flexibility index (Phi) is 5.18. The third kappa shape index (κ3) is 4.45. The topological polar surface area (TPSA) is 70.2 Å². The molecule has 0 spiro atoms. The minimum absolute atomic E-state index is 0.00249. The van der Waals surface area contributed by atoms with Crippen LogP contribution in [-0.4, -0.2) is 36.5 Å². The summed E-state index contributed by atoms with van der Waals surface area (Å²) in [4.78, 5) is 24.0. The van der Waals surface area contributed by atoms with E-state index < -0.39 is 0 Å². The van der Waals surface area contributed by atoms with E-state index in [4.69, 9.17) is 11.6 Å². The second-order valence-corrected chi connectivity index (χ2v) is 6.83. The Morgan fingerprint density at radius 3 is 2.65 bits per heavy atom. The Labute approximate surface area is 141 Å². The van der Waals surface area contributed by atoms with Gasteiger partial charge in [-0.2, -0.15) is 0 Å². The van der Waals surface area contributed by atoms with Gasteiger partial charge in [0.2, 0.25) is 5.91 Å². The second-order valence-electron chi connectivity index (χ2n) is 6.39. The van der Waals surface area contributed by atoms with Gasteiger partial charge in [0.15, 0.2) is 0 Å². The molecule has 2 saturated heterocycles. The maximum atomic E-state index is 12.0. The van der Waals surface area contributed by atoms with Gasteiger partial charge in [0.1, 0.15) is 0 Å². The van der Waals surface area contributed by atoms with Crippen LogP contribution in [0.4, 0.5) is 0 Å². The standard InChI is InChI=1S/C17H22ClN3O2/c18-12-3-1-2-11(8-12)17(23)19-7-6-16(22)21-15-9-13-4-5-14(10-15)20-13/h1-3,8,13-15,20H,4-7,9-10H2,(H,19,23)(H,21,22)/t13-,14+,15?. The summed E-state index contributed by atoms with van der Waals surface area (Å²) >= 11 is 5.86. The maximum Gasteiger partial charge on any atom is 0.251 e. The van der Waals surface area contributed by atoms with E-state index in [0.29, 0.717) is 35.6 Å². The number of hydrogen-bond donors (Lipinski definition) is 3.